The van der Waals surface area contributed by atoms with Gasteiger partial charge in [0.2, 0.25) is 0 Å². The van der Waals surface area contributed by atoms with Crippen molar-refractivity contribution >= 4 is 0 Å². The smallest absolute Gasteiger partial charge is 0.160 e. The van der Waals surface area contributed by atoms with Crippen molar-refractivity contribution in [3.8, 4) is 11.8 Å². The minimum atomic E-state index is -1.04. The predicted octanol–water partition coefficient (Wildman–Crippen LogP) is 7.50. The summed E-state index contributed by atoms with van der Waals surface area (Å²) < 4.78 is 55.3. The molecule has 0 amide bonds. The summed E-state index contributed by atoms with van der Waals surface area (Å²) in [5.74, 6) is 2.38. The zero-order valence-electron chi connectivity index (χ0n) is 16.7. The zero-order valence-corrected chi connectivity index (χ0v) is 16.7. The van der Waals surface area contributed by atoms with Gasteiger partial charge in [0.05, 0.1) is 5.56 Å². The summed E-state index contributed by atoms with van der Waals surface area (Å²) in [4.78, 5) is 0. The van der Waals surface area contributed by atoms with Crippen LogP contribution in [0.1, 0.15) is 80.9 Å². The lowest BCUT2D eigenvalue weighted by Gasteiger charge is -2.29. The van der Waals surface area contributed by atoms with E-state index < -0.39 is 23.3 Å². The summed E-state index contributed by atoms with van der Waals surface area (Å²) in [7, 11) is 0. The van der Waals surface area contributed by atoms with E-state index in [0.717, 1.165) is 43.7 Å². The molecular formula is C25H26F4. The normalized spacial score (nSPS) is 18.9. The molecule has 1 saturated carbocycles. The van der Waals surface area contributed by atoms with E-state index in [0.29, 0.717) is 5.56 Å². The molecule has 0 atom stereocenters. The van der Waals surface area contributed by atoms with E-state index >= 15 is 0 Å². The van der Waals surface area contributed by atoms with Crippen molar-refractivity contribution in [2.45, 2.75) is 64.2 Å². The molecule has 29 heavy (non-hydrogen) atoms. The van der Waals surface area contributed by atoms with Crippen LogP contribution in [0.25, 0.3) is 0 Å². The fourth-order valence-corrected chi connectivity index (χ4v) is 4.12. The van der Waals surface area contributed by atoms with Crippen molar-refractivity contribution < 1.29 is 17.6 Å². The highest BCUT2D eigenvalue weighted by atomic mass is 19.2. The van der Waals surface area contributed by atoms with Crippen molar-refractivity contribution in [1.82, 2.24) is 0 Å². The van der Waals surface area contributed by atoms with Gasteiger partial charge < -0.3 is 0 Å². The number of rotatable bonds is 5. The minimum absolute atomic E-state index is 0.160. The Hall–Kier alpha value is -2.28. The SMILES string of the molecule is CCCCC[C@H]1CC[C@H](c2cc(F)c(C#Cc3ccc(F)c(F)c3)c(F)c2)CC1. The maximum Gasteiger partial charge on any atom is 0.160 e. The molecule has 2 aromatic carbocycles. The summed E-state index contributed by atoms with van der Waals surface area (Å²) in [6.07, 6.45) is 9.13. The van der Waals surface area contributed by atoms with E-state index in [9.17, 15) is 17.6 Å². The monoisotopic (exact) mass is 402 g/mol. The second-order valence-corrected chi connectivity index (χ2v) is 7.95. The highest BCUT2D eigenvalue weighted by Crippen LogP contribution is 2.38. The summed E-state index contributed by atoms with van der Waals surface area (Å²) in [6, 6.07) is 5.87. The van der Waals surface area contributed by atoms with Crippen LogP contribution in [0.5, 0.6) is 0 Å². The third-order valence-electron chi connectivity index (χ3n) is 5.85. The van der Waals surface area contributed by atoms with E-state index in [1.165, 1.54) is 43.9 Å². The molecule has 4 heteroatoms. The van der Waals surface area contributed by atoms with Crippen LogP contribution in [0.3, 0.4) is 0 Å². The van der Waals surface area contributed by atoms with E-state index in [2.05, 4.69) is 18.8 Å². The van der Waals surface area contributed by atoms with Gasteiger partial charge in [0.25, 0.3) is 0 Å². The lowest BCUT2D eigenvalue weighted by Crippen LogP contribution is -2.14. The maximum absolute atomic E-state index is 14.5. The van der Waals surface area contributed by atoms with Gasteiger partial charge in [-0.05, 0) is 73.4 Å². The van der Waals surface area contributed by atoms with E-state index in [1.54, 1.807) is 0 Å². The first kappa shape index (κ1) is 21.4. The summed E-state index contributed by atoms with van der Waals surface area (Å²) in [5.41, 5.74) is 0.505. The van der Waals surface area contributed by atoms with Crippen molar-refractivity contribution in [3.05, 3.63) is 70.3 Å². The molecule has 2 aromatic rings. The van der Waals surface area contributed by atoms with Crippen molar-refractivity contribution in [1.29, 1.82) is 0 Å². The Bertz CT molecular complexity index is 876. The van der Waals surface area contributed by atoms with Crippen molar-refractivity contribution in [2.75, 3.05) is 0 Å². The Morgan fingerprint density at radius 3 is 2.10 bits per heavy atom. The van der Waals surface area contributed by atoms with Gasteiger partial charge in [0, 0.05) is 5.56 Å². The second kappa shape index (κ2) is 9.96. The highest BCUT2D eigenvalue weighted by molar-refractivity contribution is 5.45. The fourth-order valence-electron chi connectivity index (χ4n) is 4.12. The number of benzene rings is 2. The highest BCUT2D eigenvalue weighted by Gasteiger charge is 2.23. The molecule has 0 aliphatic heterocycles. The van der Waals surface area contributed by atoms with Gasteiger partial charge >= 0.3 is 0 Å². The lowest BCUT2D eigenvalue weighted by atomic mass is 9.77. The van der Waals surface area contributed by atoms with Crippen LogP contribution in [0.2, 0.25) is 0 Å². The van der Waals surface area contributed by atoms with Crippen molar-refractivity contribution in [3.63, 3.8) is 0 Å². The third-order valence-corrected chi connectivity index (χ3v) is 5.85. The Kier molecular flexibility index (Phi) is 7.36. The molecule has 0 saturated heterocycles. The molecule has 0 heterocycles. The fraction of sp³-hybridized carbons (Fsp3) is 0.440. The van der Waals surface area contributed by atoms with Crippen LogP contribution < -0.4 is 0 Å². The predicted molar refractivity (Wildman–Crippen MR) is 108 cm³/mol. The molecule has 1 fully saturated rings. The van der Waals surface area contributed by atoms with Crippen LogP contribution in [0.4, 0.5) is 17.6 Å². The topological polar surface area (TPSA) is 0 Å². The molecule has 0 spiro atoms. The number of unbranched alkanes of at least 4 members (excludes halogenated alkanes) is 2. The number of hydrogen-bond donors (Lipinski definition) is 0. The average Bonchev–Trinajstić information content (AvgIpc) is 2.70. The largest absolute Gasteiger partial charge is 0.206 e. The van der Waals surface area contributed by atoms with Crippen LogP contribution >= 0.6 is 0 Å². The first-order chi connectivity index (χ1) is 14.0. The van der Waals surface area contributed by atoms with Crippen molar-refractivity contribution in [2.24, 2.45) is 5.92 Å². The van der Waals surface area contributed by atoms with Crippen LogP contribution in [-0.4, -0.2) is 0 Å². The van der Waals surface area contributed by atoms with Gasteiger partial charge in [0.1, 0.15) is 11.6 Å². The molecule has 3 rings (SSSR count). The third kappa shape index (κ3) is 5.63. The lowest BCUT2D eigenvalue weighted by molar-refractivity contribution is 0.302. The van der Waals surface area contributed by atoms with E-state index in [-0.39, 0.29) is 17.0 Å². The number of hydrogen-bond acceptors (Lipinski definition) is 0. The minimum Gasteiger partial charge on any atom is -0.206 e. The first-order valence-electron chi connectivity index (χ1n) is 10.4. The van der Waals surface area contributed by atoms with E-state index in [4.69, 9.17) is 0 Å². The van der Waals surface area contributed by atoms with Gasteiger partial charge in [-0.2, -0.15) is 0 Å². The van der Waals surface area contributed by atoms with E-state index in [1.807, 2.05) is 0 Å². The summed E-state index contributed by atoms with van der Waals surface area (Å²) >= 11 is 0. The van der Waals surface area contributed by atoms with Crippen LogP contribution in [0.15, 0.2) is 30.3 Å². The maximum atomic E-state index is 14.5. The molecule has 0 bridgehead atoms. The standard InChI is InChI=1S/C25H26F4/c1-2-3-4-5-17-6-10-19(11-7-17)20-15-23(27)21(24(28)16-20)12-8-18-9-13-22(26)25(29)14-18/h9,13-17,19H,2-7,10-11H2,1H3/t17-,19-. The Morgan fingerprint density at radius 1 is 0.793 bits per heavy atom. The average molecular weight is 402 g/mol. The van der Waals surface area contributed by atoms with Gasteiger partial charge in [-0.3, -0.25) is 0 Å². The Balaban J connectivity index is 1.69. The second-order valence-electron chi connectivity index (χ2n) is 7.95. The van der Waals surface area contributed by atoms with Gasteiger partial charge in [-0.1, -0.05) is 44.4 Å². The zero-order chi connectivity index (χ0) is 20.8. The quantitative estimate of drug-likeness (QED) is 0.276. The van der Waals surface area contributed by atoms with Crippen LogP contribution in [0, 0.1) is 41.0 Å². The van der Waals surface area contributed by atoms with Gasteiger partial charge in [-0.25, -0.2) is 17.6 Å². The van der Waals surface area contributed by atoms with Crippen LogP contribution in [-0.2, 0) is 0 Å². The molecule has 0 aromatic heterocycles. The van der Waals surface area contributed by atoms with Gasteiger partial charge in [-0.15, -0.1) is 0 Å². The summed E-state index contributed by atoms with van der Waals surface area (Å²) in [6.45, 7) is 2.20. The molecule has 1 aliphatic rings. The molecule has 0 nitrogen and oxygen atoms in total. The molecule has 0 N–H and O–H groups in total. The number of halogens is 4. The molecule has 0 unspecified atom stereocenters. The Labute approximate surface area is 170 Å². The molecule has 0 radical (unpaired) electrons. The molecule has 154 valence electrons. The summed E-state index contributed by atoms with van der Waals surface area (Å²) in [5, 5.41) is 0. The molecule has 1 aliphatic carbocycles. The molecular weight excluding hydrogens is 376 g/mol. The van der Waals surface area contributed by atoms with Gasteiger partial charge in [0.15, 0.2) is 11.6 Å². The Morgan fingerprint density at radius 2 is 1.48 bits per heavy atom. The first-order valence-corrected chi connectivity index (χ1v) is 10.4.